The van der Waals surface area contributed by atoms with Gasteiger partial charge in [0.2, 0.25) is 0 Å². The standard InChI is InChI=1S/C51H88O23/c1-9-11-17-20-29-21-18-15-13-12-14-16-19-22-30(52)69-43-39(61)40(27(7)66-50(43)73-42-36(58)33(55)26(6)65-49(42)68-29)71-51-45(70-46(62)23(3)10-2)44(74-48-38(60)35(57)32(54)25(5)64-48)41(28(8)67-51)72-47-37(59)34(56)31(53)24(4)63-47/h23-29,31-45,47-51,53-61H,9-22H2,1-8H3/t23-,24-,25-,26+,27-,28-,29-,31-,32-,33-,34+,35+,36-,37+,38+,39+,40-,41-,42+,43+,44+,45+,47-,48-,49-,50-,51-/m0/s1. The molecule has 0 aromatic heterocycles. The molecular formula is C51H88O23. The maximum absolute atomic E-state index is 13.9. The first-order chi connectivity index (χ1) is 35.2. The number of hydrogen-bond donors (Lipinski definition) is 9. The Morgan fingerprint density at radius 2 is 1.01 bits per heavy atom. The van der Waals surface area contributed by atoms with Crippen LogP contribution in [0.5, 0.6) is 0 Å². The molecule has 0 aromatic rings. The lowest BCUT2D eigenvalue weighted by Crippen LogP contribution is -2.68. The van der Waals surface area contributed by atoms with Crippen molar-refractivity contribution in [3.8, 4) is 0 Å². The van der Waals surface area contributed by atoms with Crippen LogP contribution in [-0.2, 0) is 66.4 Å². The fourth-order valence-electron chi connectivity index (χ4n) is 10.3. The van der Waals surface area contributed by atoms with E-state index in [2.05, 4.69) is 6.92 Å². The molecule has 27 atom stereocenters. The van der Waals surface area contributed by atoms with Crippen LogP contribution in [0.15, 0.2) is 0 Å². The molecule has 0 amide bonds. The summed E-state index contributed by atoms with van der Waals surface area (Å²) in [5.41, 5.74) is 0. The lowest BCUT2D eigenvalue weighted by atomic mass is 9.95. The van der Waals surface area contributed by atoms with Gasteiger partial charge in [0.1, 0.15) is 79.4 Å². The normalized spacial score (nSPS) is 47.0. The summed E-state index contributed by atoms with van der Waals surface area (Å²) in [6.45, 7) is 13.0. The van der Waals surface area contributed by atoms with Gasteiger partial charge in [0.15, 0.2) is 43.7 Å². The first-order valence-electron chi connectivity index (χ1n) is 27.2. The number of carbonyl (C=O) groups is 2. The van der Waals surface area contributed by atoms with Gasteiger partial charge in [0, 0.05) is 6.42 Å². The molecule has 0 unspecified atom stereocenters. The molecule has 6 aliphatic rings. The van der Waals surface area contributed by atoms with Crippen molar-refractivity contribution in [1.29, 1.82) is 0 Å². The van der Waals surface area contributed by atoms with E-state index in [1.54, 1.807) is 20.8 Å². The number of hydrogen-bond acceptors (Lipinski definition) is 23. The molecule has 0 radical (unpaired) electrons. The van der Waals surface area contributed by atoms with Gasteiger partial charge in [0.05, 0.1) is 42.5 Å². The lowest BCUT2D eigenvalue weighted by Gasteiger charge is -2.51. The number of unbranched alkanes of at least 4 members (excludes halogenated alkanes) is 2. The highest BCUT2D eigenvalue weighted by molar-refractivity contribution is 5.72. The molecule has 23 heteroatoms. The van der Waals surface area contributed by atoms with E-state index in [0.29, 0.717) is 12.8 Å². The van der Waals surface area contributed by atoms with E-state index in [4.69, 9.17) is 56.8 Å². The minimum atomic E-state index is -1.88. The molecule has 6 saturated heterocycles. The molecule has 6 fully saturated rings. The number of rotatable bonds is 13. The Bertz CT molecular complexity index is 1700. The molecule has 0 bridgehead atoms. The second-order valence-electron chi connectivity index (χ2n) is 21.3. The second kappa shape index (κ2) is 28.4. The summed E-state index contributed by atoms with van der Waals surface area (Å²) in [5.74, 6) is -2.20. The van der Waals surface area contributed by atoms with Crippen molar-refractivity contribution in [2.45, 2.75) is 305 Å². The predicted octanol–water partition coefficient (Wildman–Crippen LogP) is 0.859. The van der Waals surface area contributed by atoms with Crippen LogP contribution < -0.4 is 0 Å². The molecule has 0 aromatic carbocycles. The van der Waals surface area contributed by atoms with Gasteiger partial charge >= 0.3 is 11.9 Å². The summed E-state index contributed by atoms with van der Waals surface area (Å²) in [7, 11) is 0. The topological polar surface area (TPSA) is 327 Å². The van der Waals surface area contributed by atoms with Gasteiger partial charge < -0.3 is 103 Å². The Kier molecular flexibility index (Phi) is 23.5. The smallest absolute Gasteiger partial charge is 0.309 e. The summed E-state index contributed by atoms with van der Waals surface area (Å²) < 4.78 is 75.2. The SMILES string of the molecule is CCCCC[C@H]1CCCCCCCCCC(=O)O[C@H]2[C@H](O[C@H]3[C@H](O1)O[C@H](C)[C@H](O)[C@@H]3O)O[C@@H](C)[C@H](O[C@@H]1O[C@@H](C)[C@H](O[C@@H]3O[C@@H](C)[C@H](O)[C@@H](O)[C@H]3O)[C@@H](O[C@@H]3O[C@@H](C)[C@H](O)[C@@H](O)[C@H]3O)[C@H]1OC(=O)[C@@H](C)CC)[C@H]2O. The molecule has 6 heterocycles. The highest BCUT2D eigenvalue weighted by atomic mass is 16.8. The van der Waals surface area contributed by atoms with Crippen molar-refractivity contribution in [3.05, 3.63) is 0 Å². The van der Waals surface area contributed by atoms with Crippen molar-refractivity contribution >= 4 is 11.9 Å². The van der Waals surface area contributed by atoms with E-state index >= 15 is 0 Å². The Morgan fingerprint density at radius 1 is 0.514 bits per heavy atom. The van der Waals surface area contributed by atoms with Crippen LogP contribution in [0.4, 0.5) is 0 Å². The van der Waals surface area contributed by atoms with Crippen LogP contribution in [-0.4, -0.2) is 218 Å². The monoisotopic (exact) mass is 1070 g/mol. The van der Waals surface area contributed by atoms with Crippen molar-refractivity contribution in [3.63, 3.8) is 0 Å². The lowest BCUT2D eigenvalue weighted by molar-refractivity contribution is -0.399. The molecule has 0 saturated carbocycles. The number of aliphatic hydroxyl groups is 9. The molecule has 430 valence electrons. The highest BCUT2D eigenvalue weighted by Gasteiger charge is 2.58. The van der Waals surface area contributed by atoms with E-state index in [1.807, 2.05) is 0 Å². The Balaban J connectivity index is 1.34. The summed E-state index contributed by atoms with van der Waals surface area (Å²) in [4.78, 5) is 27.6. The van der Waals surface area contributed by atoms with Gasteiger partial charge in [-0.3, -0.25) is 9.59 Å². The molecule has 74 heavy (non-hydrogen) atoms. The average molecular weight is 1070 g/mol. The van der Waals surface area contributed by atoms with E-state index in [-0.39, 0.29) is 12.5 Å². The van der Waals surface area contributed by atoms with Crippen LogP contribution in [0.3, 0.4) is 0 Å². The van der Waals surface area contributed by atoms with E-state index in [9.17, 15) is 55.5 Å². The maximum Gasteiger partial charge on any atom is 0.309 e. The Hall–Kier alpha value is -1.82. The number of ether oxygens (including phenoxy) is 12. The minimum absolute atomic E-state index is 0.0154. The summed E-state index contributed by atoms with van der Waals surface area (Å²) in [6.07, 6.45) is -27.3. The third-order valence-corrected chi connectivity index (χ3v) is 15.4. The first kappa shape index (κ1) is 61.4. The van der Waals surface area contributed by atoms with Crippen LogP contribution >= 0.6 is 0 Å². The molecular weight excluding hydrogens is 981 g/mol. The third kappa shape index (κ3) is 15.1. The summed E-state index contributed by atoms with van der Waals surface area (Å²) >= 11 is 0. The largest absolute Gasteiger partial charge is 0.454 e. The van der Waals surface area contributed by atoms with Crippen molar-refractivity contribution in [2.75, 3.05) is 0 Å². The fourth-order valence-corrected chi connectivity index (χ4v) is 10.3. The van der Waals surface area contributed by atoms with Gasteiger partial charge in [0.25, 0.3) is 0 Å². The number of aliphatic hydroxyl groups excluding tert-OH is 9. The molecule has 23 nitrogen and oxygen atoms in total. The van der Waals surface area contributed by atoms with Crippen LogP contribution in [0, 0.1) is 5.92 Å². The second-order valence-corrected chi connectivity index (χ2v) is 21.3. The van der Waals surface area contributed by atoms with Gasteiger partial charge in [-0.1, -0.05) is 78.6 Å². The van der Waals surface area contributed by atoms with Crippen molar-refractivity contribution in [2.24, 2.45) is 5.92 Å². The van der Waals surface area contributed by atoms with Gasteiger partial charge in [-0.15, -0.1) is 0 Å². The third-order valence-electron chi connectivity index (χ3n) is 15.4. The number of fused-ring (bicyclic) bond motifs is 2. The van der Waals surface area contributed by atoms with Crippen LogP contribution in [0.2, 0.25) is 0 Å². The Labute approximate surface area is 434 Å². The van der Waals surface area contributed by atoms with E-state index in [0.717, 1.165) is 70.6 Å². The molecule has 9 N–H and O–H groups in total. The quantitative estimate of drug-likeness (QED) is 0.0912. The minimum Gasteiger partial charge on any atom is -0.454 e. The molecule has 6 aliphatic heterocycles. The average Bonchev–Trinajstić information content (AvgIpc) is 3.36. The summed E-state index contributed by atoms with van der Waals surface area (Å²) in [5, 5.41) is 100. The van der Waals surface area contributed by atoms with Crippen molar-refractivity contribution < 1.29 is 112 Å². The fraction of sp³-hybridized carbons (Fsp3) is 0.961. The zero-order valence-electron chi connectivity index (χ0n) is 44.2. The maximum atomic E-state index is 13.9. The molecule has 0 aliphatic carbocycles. The number of carbonyl (C=O) groups excluding carboxylic acids is 2. The molecule has 6 rings (SSSR count). The van der Waals surface area contributed by atoms with Gasteiger partial charge in [-0.25, -0.2) is 0 Å². The molecule has 0 spiro atoms. The van der Waals surface area contributed by atoms with E-state index < -0.39 is 171 Å². The van der Waals surface area contributed by atoms with Crippen molar-refractivity contribution in [1.82, 2.24) is 0 Å². The highest BCUT2D eigenvalue weighted by Crippen LogP contribution is 2.39. The Morgan fingerprint density at radius 3 is 1.62 bits per heavy atom. The van der Waals surface area contributed by atoms with E-state index in [1.165, 1.54) is 27.7 Å². The van der Waals surface area contributed by atoms with Crippen LogP contribution in [0.1, 0.15) is 145 Å². The number of esters is 2. The van der Waals surface area contributed by atoms with Gasteiger partial charge in [-0.05, 0) is 60.3 Å². The predicted molar refractivity (Wildman–Crippen MR) is 255 cm³/mol. The zero-order chi connectivity index (χ0) is 54.1. The first-order valence-corrected chi connectivity index (χ1v) is 27.2. The van der Waals surface area contributed by atoms with Gasteiger partial charge in [-0.2, -0.15) is 0 Å². The zero-order valence-corrected chi connectivity index (χ0v) is 44.2. The van der Waals surface area contributed by atoms with Crippen LogP contribution in [0.25, 0.3) is 0 Å². The summed E-state index contributed by atoms with van der Waals surface area (Å²) in [6, 6.07) is 0.